The highest BCUT2D eigenvalue weighted by molar-refractivity contribution is 7.84. The molecule has 2 N–H and O–H groups in total. The molecule has 1 aliphatic carbocycles. The number of para-hydroxylation sites is 1. The van der Waals surface area contributed by atoms with Gasteiger partial charge in [0.25, 0.3) is 0 Å². The van der Waals surface area contributed by atoms with E-state index in [1.165, 1.54) is 32.8 Å². The number of rotatable bonds is 8. The van der Waals surface area contributed by atoms with Gasteiger partial charge in [0.2, 0.25) is 0 Å². The van der Waals surface area contributed by atoms with Crippen molar-refractivity contribution in [1.82, 2.24) is 9.47 Å². The van der Waals surface area contributed by atoms with E-state index in [1.54, 1.807) is 6.21 Å². The van der Waals surface area contributed by atoms with Crippen molar-refractivity contribution in [2.45, 2.75) is 71.1 Å². The summed E-state index contributed by atoms with van der Waals surface area (Å²) in [5.74, 6) is 1.65. The first-order valence-electron chi connectivity index (χ1n) is 12.4. The molecule has 188 valence electrons. The van der Waals surface area contributed by atoms with Crippen LogP contribution < -0.4 is 5.14 Å². The van der Waals surface area contributed by atoms with Gasteiger partial charge < -0.3 is 14.3 Å². The van der Waals surface area contributed by atoms with Crippen LogP contribution in [0.1, 0.15) is 69.7 Å². The molecule has 2 aliphatic rings. The Hall–Kier alpha value is -1.94. The summed E-state index contributed by atoms with van der Waals surface area (Å²) in [7, 11) is -2.59. The number of hydrogen-bond acceptors (Lipinski definition) is 6. The molecule has 1 aliphatic heterocycles. The lowest BCUT2D eigenvalue weighted by Crippen LogP contribution is -2.44. The highest BCUT2D eigenvalue weighted by Crippen LogP contribution is 2.37. The topological polar surface area (TPSA) is 99.1 Å². The van der Waals surface area contributed by atoms with Gasteiger partial charge in [0, 0.05) is 41.6 Å². The number of piperidine rings is 1. The summed E-state index contributed by atoms with van der Waals surface area (Å²) in [6, 6.07) is 8.99. The van der Waals surface area contributed by atoms with Gasteiger partial charge in [-0.15, -0.1) is 0 Å². The summed E-state index contributed by atoms with van der Waals surface area (Å²) >= 11 is 0. The van der Waals surface area contributed by atoms with Gasteiger partial charge in [0.15, 0.2) is 0 Å². The number of nitrogens with zero attached hydrogens (tertiary/aromatic N) is 3. The first-order valence-corrected chi connectivity index (χ1v) is 13.8. The number of hydrogen-bond donors (Lipinski definition) is 1. The van der Waals surface area contributed by atoms with Gasteiger partial charge in [-0.2, -0.15) is 8.42 Å². The molecule has 0 bridgehead atoms. The monoisotopic (exact) mass is 490 g/mol. The van der Waals surface area contributed by atoms with Crippen molar-refractivity contribution in [3.05, 3.63) is 35.5 Å². The maximum absolute atomic E-state index is 11.6. The van der Waals surface area contributed by atoms with Crippen molar-refractivity contribution in [2.24, 2.45) is 22.1 Å². The minimum absolute atomic E-state index is 0.141. The third-order valence-electron chi connectivity index (χ3n) is 7.77. The van der Waals surface area contributed by atoms with Crippen LogP contribution in [-0.2, 0) is 25.9 Å². The Morgan fingerprint density at radius 1 is 1.09 bits per heavy atom. The number of nitrogens with two attached hydrogens (primary N) is 1. The summed E-state index contributed by atoms with van der Waals surface area (Å²) in [5.41, 5.74) is 2.60. The van der Waals surface area contributed by atoms with E-state index in [-0.39, 0.29) is 12.6 Å². The first kappa shape index (κ1) is 25.2. The predicted octanol–water partition coefficient (Wildman–Crippen LogP) is 4.19. The van der Waals surface area contributed by atoms with Crippen LogP contribution in [0.5, 0.6) is 0 Å². The molecule has 0 radical (unpaired) electrons. The van der Waals surface area contributed by atoms with E-state index >= 15 is 0 Å². The van der Waals surface area contributed by atoms with Crippen molar-refractivity contribution < 1.29 is 17.4 Å². The lowest BCUT2D eigenvalue weighted by Gasteiger charge is -2.42. The molecule has 1 aromatic heterocycles. The zero-order valence-electron chi connectivity index (χ0n) is 20.5. The molecule has 2 aromatic rings. The number of benzene rings is 1. The van der Waals surface area contributed by atoms with Gasteiger partial charge in [-0.05, 0) is 56.4 Å². The van der Waals surface area contributed by atoms with Crippen LogP contribution in [0.3, 0.4) is 0 Å². The smallest absolute Gasteiger partial charge is 0.333 e. The fraction of sp³-hybridized carbons (Fsp3) is 0.640. The van der Waals surface area contributed by atoms with Gasteiger partial charge in [0.05, 0.1) is 11.9 Å². The summed E-state index contributed by atoms with van der Waals surface area (Å²) in [5, 5.41) is 10.1. The molecule has 1 saturated heterocycles. The summed E-state index contributed by atoms with van der Waals surface area (Å²) in [6.45, 7) is 6.65. The maximum atomic E-state index is 11.6. The molecule has 1 aromatic carbocycles. The molecule has 1 saturated carbocycles. The molecular formula is C25H38N4O4S. The second-order valence-corrected chi connectivity index (χ2v) is 11.2. The minimum Gasteiger partial charge on any atom is -0.399 e. The number of likely N-dealkylation sites (tertiary alicyclic amines) is 1. The Labute approximate surface area is 203 Å². The van der Waals surface area contributed by atoms with E-state index in [9.17, 15) is 8.42 Å². The zero-order chi connectivity index (χ0) is 24.3. The van der Waals surface area contributed by atoms with Crippen LogP contribution >= 0.6 is 0 Å². The highest BCUT2D eigenvalue weighted by atomic mass is 32.2. The fourth-order valence-corrected chi connectivity index (χ4v) is 6.21. The van der Waals surface area contributed by atoms with Gasteiger partial charge in [0.1, 0.15) is 13.7 Å². The van der Waals surface area contributed by atoms with Crippen molar-refractivity contribution in [3.8, 4) is 0 Å². The lowest BCUT2D eigenvalue weighted by molar-refractivity contribution is 0.0884. The maximum Gasteiger partial charge on any atom is 0.333 e. The molecule has 2 fully saturated rings. The lowest BCUT2D eigenvalue weighted by atomic mass is 9.79. The number of aromatic nitrogens is 1. The van der Waals surface area contributed by atoms with Gasteiger partial charge in [-0.1, -0.05) is 37.2 Å². The van der Waals surface area contributed by atoms with E-state index in [0.29, 0.717) is 6.04 Å². The van der Waals surface area contributed by atoms with Gasteiger partial charge in [-0.25, -0.2) is 5.14 Å². The Bertz CT molecular complexity index is 1100. The van der Waals surface area contributed by atoms with Crippen LogP contribution in [0.15, 0.2) is 29.4 Å². The highest BCUT2D eigenvalue weighted by Gasteiger charge is 2.32. The molecule has 34 heavy (non-hydrogen) atoms. The van der Waals surface area contributed by atoms with E-state index in [2.05, 4.69) is 34.5 Å². The molecule has 0 atom stereocenters. The molecular weight excluding hydrogens is 452 g/mol. The Morgan fingerprint density at radius 2 is 1.76 bits per heavy atom. The molecule has 0 amide bonds. The molecule has 8 nitrogen and oxygen atoms in total. The Morgan fingerprint density at radius 3 is 2.38 bits per heavy atom. The van der Waals surface area contributed by atoms with Gasteiger partial charge in [-0.3, -0.25) is 4.18 Å². The van der Waals surface area contributed by atoms with E-state index in [1.807, 2.05) is 18.2 Å². The molecule has 4 rings (SSSR count). The summed E-state index contributed by atoms with van der Waals surface area (Å²) in [6.07, 6.45) is 8.90. The molecule has 0 spiro atoms. The number of oxime groups is 1. The Kier molecular flexibility index (Phi) is 7.97. The average Bonchev–Trinajstić information content (AvgIpc) is 3.14. The zero-order valence-corrected chi connectivity index (χ0v) is 21.3. The quantitative estimate of drug-likeness (QED) is 0.442. The van der Waals surface area contributed by atoms with Crippen LogP contribution in [0, 0.1) is 11.8 Å². The van der Waals surface area contributed by atoms with Crippen LogP contribution in [0.25, 0.3) is 10.9 Å². The second-order valence-electron chi connectivity index (χ2n) is 10.00. The fourth-order valence-electron chi connectivity index (χ4n) is 5.94. The first-order chi connectivity index (χ1) is 16.3. The molecule has 2 heterocycles. The SMILES string of the molecule is CO/N=C/c1c(COS(N)(=O)=O)n(C2CCN(C3CCC(C(C)C)CC3)CC2)c2ccccc12. The van der Waals surface area contributed by atoms with E-state index in [0.717, 1.165) is 59.9 Å². The third-order valence-corrected chi connectivity index (χ3v) is 8.21. The standard InChI is InChI=1S/C25H38N4O4S/c1-18(2)19-8-10-20(11-9-19)28-14-12-21(13-15-28)29-24-7-5-4-6-22(24)23(16-27-32-3)25(29)17-33-34(26,30)31/h4-7,16,18-21H,8-15,17H2,1-3H3,(H2,26,30,31)/b27-16+. The van der Waals surface area contributed by atoms with Crippen LogP contribution in [0.4, 0.5) is 0 Å². The minimum atomic E-state index is -4.08. The van der Waals surface area contributed by atoms with E-state index < -0.39 is 10.3 Å². The van der Waals surface area contributed by atoms with Crippen LogP contribution in [-0.4, -0.2) is 50.3 Å². The molecule has 9 heteroatoms. The summed E-state index contributed by atoms with van der Waals surface area (Å²) in [4.78, 5) is 7.60. The van der Waals surface area contributed by atoms with Crippen molar-refractivity contribution in [3.63, 3.8) is 0 Å². The van der Waals surface area contributed by atoms with Crippen LogP contribution in [0.2, 0.25) is 0 Å². The normalized spacial score (nSPS) is 23.3. The van der Waals surface area contributed by atoms with Crippen molar-refractivity contribution in [1.29, 1.82) is 0 Å². The van der Waals surface area contributed by atoms with Crippen molar-refractivity contribution in [2.75, 3.05) is 20.2 Å². The average molecular weight is 491 g/mol. The molecule has 0 unspecified atom stereocenters. The third kappa shape index (κ3) is 5.64. The van der Waals surface area contributed by atoms with Gasteiger partial charge >= 0.3 is 10.3 Å². The van der Waals surface area contributed by atoms with Crippen molar-refractivity contribution >= 4 is 27.4 Å². The second kappa shape index (κ2) is 10.8. The Balaban J connectivity index is 1.57. The summed E-state index contributed by atoms with van der Waals surface area (Å²) < 4.78 is 30.5. The van der Waals surface area contributed by atoms with E-state index in [4.69, 9.17) is 14.2 Å². The predicted molar refractivity (Wildman–Crippen MR) is 135 cm³/mol. The largest absolute Gasteiger partial charge is 0.399 e. The number of fused-ring (bicyclic) bond motifs is 1.